The molecule has 5 fully saturated rings. The number of aromatic nitrogens is 2. The Bertz CT molecular complexity index is 871. The van der Waals surface area contributed by atoms with Crippen LogP contribution in [0.5, 0.6) is 0 Å². The average molecular weight is 405 g/mol. The second-order valence-electron chi connectivity index (χ2n) is 10.2. The molecule has 4 aliphatic carbocycles. The van der Waals surface area contributed by atoms with Crippen molar-refractivity contribution in [1.29, 1.82) is 0 Å². The van der Waals surface area contributed by atoms with Crippen molar-refractivity contribution in [2.45, 2.75) is 57.0 Å². The van der Waals surface area contributed by atoms with Gasteiger partial charge in [-0.1, -0.05) is 18.2 Å². The molecule has 0 atom stereocenters. The van der Waals surface area contributed by atoms with Crippen molar-refractivity contribution in [3.05, 3.63) is 48.2 Å². The van der Waals surface area contributed by atoms with Gasteiger partial charge in [-0.2, -0.15) is 5.10 Å². The highest BCUT2D eigenvalue weighted by atomic mass is 16.1. The second-order valence-corrected chi connectivity index (χ2v) is 10.2. The molecular formula is C25H32N4O. The molecule has 5 nitrogen and oxygen atoms in total. The topological polar surface area (TPSA) is 50.2 Å². The number of carbonyl (C=O) groups is 1. The van der Waals surface area contributed by atoms with Crippen LogP contribution in [0.3, 0.4) is 0 Å². The highest BCUT2D eigenvalue weighted by Gasteiger charge is 2.50. The van der Waals surface area contributed by atoms with Crippen molar-refractivity contribution in [3.8, 4) is 0 Å². The fourth-order valence-electron chi connectivity index (χ4n) is 7.40. The number of nitrogens with zero attached hydrogens (tertiary/aromatic N) is 3. The van der Waals surface area contributed by atoms with Crippen LogP contribution in [0.15, 0.2) is 42.6 Å². The monoisotopic (exact) mass is 404 g/mol. The number of hydrogen-bond acceptors (Lipinski definition) is 3. The summed E-state index contributed by atoms with van der Waals surface area (Å²) in [4.78, 5) is 15.4. The van der Waals surface area contributed by atoms with Crippen LogP contribution in [0.1, 0.15) is 61.3 Å². The van der Waals surface area contributed by atoms with Gasteiger partial charge in [0.25, 0.3) is 5.91 Å². The van der Waals surface area contributed by atoms with Crippen molar-refractivity contribution in [3.63, 3.8) is 0 Å². The average Bonchev–Trinajstić information content (AvgIpc) is 3.22. The molecule has 5 heteroatoms. The van der Waals surface area contributed by atoms with Gasteiger partial charge in [-0.3, -0.25) is 9.69 Å². The third-order valence-corrected chi connectivity index (χ3v) is 8.39. The summed E-state index contributed by atoms with van der Waals surface area (Å²) in [6.07, 6.45) is 11.6. The molecule has 5 aliphatic rings. The van der Waals surface area contributed by atoms with Gasteiger partial charge in [-0.15, -0.1) is 0 Å². The standard InChI is InChI=1S/C25H32N4O/c30-25(19-4-2-1-3-5-19)27-23-6-9-26-29(23)22-7-10-28(11-8-22)24-20-13-17-12-18(15-20)16-21(24)14-17/h1-6,9,17-18,20-22,24H,7-8,10-16H2,(H,27,30). The minimum absolute atomic E-state index is 0.0663. The maximum absolute atomic E-state index is 12.6. The molecule has 0 unspecified atom stereocenters. The first-order valence-corrected chi connectivity index (χ1v) is 11.9. The number of carbonyl (C=O) groups excluding carboxylic acids is 1. The lowest BCUT2D eigenvalue weighted by molar-refractivity contribution is -0.0732. The van der Waals surface area contributed by atoms with Crippen LogP contribution in [0, 0.1) is 23.7 Å². The van der Waals surface area contributed by atoms with Gasteiger partial charge in [-0.05, 0) is 80.8 Å². The van der Waals surface area contributed by atoms with E-state index in [0.29, 0.717) is 11.6 Å². The number of hydrogen-bond donors (Lipinski definition) is 1. The molecule has 1 N–H and O–H groups in total. The second kappa shape index (κ2) is 7.52. The fraction of sp³-hybridized carbons (Fsp3) is 0.600. The molecule has 1 aliphatic heterocycles. The van der Waals surface area contributed by atoms with Gasteiger partial charge in [0.2, 0.25) is 0 Å². The highest BCUT2D eigenvalue weighted by Crippen LogP contribution is 2.55. The first kappa shape index (κ1) is 18.6. The molecule has 1 aromatic heterocycles. The zero-order valence-electron chi connectivity index (χ0n) is 17.6. The summed E-state index contributed by atoms with van der Waals surface area (Å²) in [5, 5.41) is 7.65. The molecule has 4 bridgehead atoms. The number of piperidine rings is 1. The van der Waals surface area contributed by atoms with Crippen LogP contribution in [-0.2, 0) is 0 Å². The summed E-state index contributed by atoms with van der Waals surface area (Å²) in [7, 11) is 0. The molecule has 7 rings (SSSR count). The predicted molar refractivity (Wildman–Crippen MR) is 117 cm³/mol. The molecule has 30 heavy (non-hydrogen) atoms. The van der Waals surface area contributed by atoms with Crippen molar-refractivity contribution in [2.24, 2.45) is 23.7 Å². The summed E-state index contributed by atoms with van der Waals surface area (Å²) in [5.41, 5.74) is 0.682. The van der Waals surface area contributed by atoms with E-state index in [1.807, 2.05) is 42.6 Å². The first-order valence-electron chi connectivity index (χ1n) is 11.9. The lowest BCUT2D eigenvalue weighted by Crippen LogP contribution is -2.57. The zero-order chi connectivity index (χ0) is 20.1. The van der Waals surface area contributed by atoms with Crippen molar-refractivity contribution >= 4 is 11.7 Å². The van der Waals surface area contributed by atoms with E-state index in [2.05, 4.69) is 20.0 Å². The number of amides is 1. The summed E-state index contributed by atoms with van der Waals surface area (Å²) in [5.74, 6) is 4.76. The fourth-order valence-corrected chi connectivity index (χ4v) is 7.40. The maximum atomic E-state index is 12.6. The molecule has 0 spiro atoms. The van der Waals surface area contributed by atoms with Gasteiger partial charge in [0.15, 0.2) is 0 Å². The minimum Gasteiger partial charge on any atom is -0.307 e. The minimum atomic E-state index is -0.0663. The Morgan fingerprint density at radius 3 is 2.23 bits per heavy atom. The van der Waals surface area contributed by atoms with E-state index in [1.54, 1.807) is 0 Å². The summed E-state index contributed by atoms with van der Waals surface area (Å²) >= 11 is 0. The van der Waals surface area contributed by atoms with E-state index in [9.17, 15) is 4.79 Å². The van der Waals surface area contributed by atoms with Crippen LogP contribution in [0.4, 0.5) is 5.82 Å². The lowest BCUT2D eigenvalue weighted by atomic mass is 9.53. The maximum Gasteiger partial charge on any atom is 0.256 e. The summed E-state index contributed by atoms with van der Waals surface area (Å²) < 4.78 is 2.05. The number of rotatable bonds is 4. The zero-order valence-corrected chi connectivity index (χ0v) is 17.6. The lowest BCUT2D eigenvalue weighted by Gasteiger charge is -2.58. The van der Waals surface area contributed by atoms with Crippen LogP contribution in [-0.4, -0.2) is 39.7 Å². The van der Waals surface area contributed by atoms with Crippen molar-refractivity contribution in [2.75, 3.05) is 18.4 Å². The molecule has 2 heterocycles. The molecule has 158 valence electrons. The third kappa shape index (κ3) is 3.27. The SMILES string of the molecule is O=C(Nc1ccnn1C1CCN(C2C3CC4CC(C3)CC2C4)CC1)c1ccccc1. The number of anilines is 1. The summed E-state index contributed by atoms with van der Waals surface area (Å²) in [6, 6.07) is 12.5. The highest BCUT2D eigenvalue weighted by molar-refractivity contribution is 6.03. The van der Waals surface area contributed by atoms with E-state index < -0.39 is 0 Å². The molecule has 1 amide bonds. The van der Waals surface area contributed by atoms with Gasteiger partial charge in [-0.25, -0.2) is 4.68 Å². The van der Waals surface area contributed by atoms with Gasteiger partial charge >= 0.3 is 0 Å². The molecule has 0 radical (unpaired) electrons. The Balaban J connectivity index is 1.11. The normalized spacial score (nSPS) is 33.7. The van der Waals surface area contributed by atoms with Crippen LogP contribution in [0.25, 0.3) is 0 Å². The molecule has 4 saturated carbocycles. The Kier molecular flexibility index (Phi) is 4.67. The van der Waals surface area contributed by atoms with Gasteiger partial charge in [0.1, 0.15) is 5.82 Å². The Hall–Kier alpha value is -2.14. The quantitative estimate of drug-likeness (QED) is 0.810. The summed E-state index contributed by atoms with van der Waals surface area (Å²) in [6.45, 7) is 2.34. The Labute approximate surface area is 178 Å². The van der Waals surface area contributed by atoms with Gasteiger partial charge in [0.05, 0.1) is 12.2 Å². The van der Waals surface area contributed by atoms with Crippen LogP contribution < -0.4 is 5.32 Å². The van der Waals surface area contributed by atoms with Gasteiger partial charge in [0, 0.05) is 30.8 Å². The largest absolute Gasteiger partial charge is 0.307 e. The van der Waals surface area contributed by atoms with Crippen molar-refractivity contribution in [1.82, 2.24) is 14.7 Å². The number of benzene rings is 1. The smallest absolute Gasteiger partial charge is 0.256 e. The first-order chi connectivity index (χ1) is 14.7. The molecule has 1 saturated heterocycles. The van der Waals surface area contributed by atoms with E-state index in [4.69, 9.17) is 0 Å². The van der Waals surface area contributed by atoms with E-state index >= 15 is 0 Å². The van der Waals surface area contributed by atoms with E-state index in [0.717, 1.165) is 48.4 Å². The van der Waals surface area contributed by atoms with E-state index in [-0.39, 0.29) is 5.91 Å². The van der Waals surface area contributed by atoms with Gasteiger partial charge < -0.3 is 5.32 Å². The Morgan fingerprint density at radius 1 is 0.900 bits per heavy atom. The molecule has 1 aromatic carbocycles. The van der Waals surface area contributed by atoms with Crippen LogP contribution in [0.2, 0.25) is 0 Å². The number of nitrogens with one attached hydrogen (secondary N) is 1. The van der Waals surface area contributed by atoms with E-state index in [1.165, 1.54) is 45.2 Å². The van der Waals surface area contributed by atoms with Crippen LogP contribution >= 0.6 is 0 Å². The van der Waals surface area contributed by atoms with Crippen molar-refractivity contribution < 1.29 is 4.79 Å². The number of likely N-dealkylation sites (tertiary alicyclic amines) is 1. The molecule has 2 aromatic rings. The predicted octanol–water partition coefficient (Wildman–Crippen LogP) is 4.60. The Morgan fingerprint density at radius 2 is 1.57 bits per heavy atom. The third-order valence-electron chi connectivity index (χ3n) is 8.39. The molecular weight excluding hydrogens is 372 g/mol.